The van der Waals surface area contributed by atoms with E-state index in [0.717, 1.165) is 94.8 Å². The number of H-pyrrole nitrogens is 4. The molecule has 16 rings (SSSR count). The highest BCUT2D eigenvalue weighted by Crippen LogP contribution is 2.34. The van der Waals surface area contributed by atoms with Crippen molar-refractivity contribution in [3.63, 3.8) is 0 Å². The number of nitrogens with one attached hydrogen (secondary N) is 8. The van der Waals surface area contributed by atoms with E-state index < -0.39 is 56.7 Å². The summed E-state index contributed by atoms with van der Waals surface area (Å²) in [6, 6.07) is 81.7. The van der Waals surface area contributed by atoms with E-state index in [-0.39, 0.29) is 59.8 Å². The first-order chi connectivity index (χ1) is 63.4. The van der Waals surface area contributed by atoms with Gasteiger partial charge in [0.2, 0.25) is 23.6 Å². The minimum absolute atomic E-state index is 0.0235. The Hall–Kier alpha value is -15.8. The fourth-order valence-electron chi connectivity index (χ4n) is 13.6. The highest BCUT2D eigenvalue weighted by atomic mass is 35.5. The summed E-state index contributed by atoms with van der Waals surface area (Å²) in [7, 11) is 3.19. The van der Waals surface area contributed by atoms with E-state index in [2.05, 4.69) is 41.2 Å². The van der Waals surface area contributed by atoms with E-state index in [1.54, 1.807) is 118 Å². The molecule has 132 heavy (non-hydrogen) atoms. The van der Waals surface area contributed by atoms with Gasteiger partial charge in [-0.15, -0.1) is 0 Å². The van der Waals surface area contributed by atoms with Crippen LogP contribution in [0, 0.1) is 19.7 Å². The number of halogens is 6. The van der Waals surface area contributed by atoms with Gasteiger partial charge < -0.3 is 30.7 Å². The molecule has 0 saturated carbocycles. The number of ether oxygens (including phenoxy) is 2. The average molecular weight is 1870 g/mol. The van der Waals surface area contributed by atoms with Crippen LogP contribution in [0.15, 0.2) is 342 Å². The Morgan fingerprint density at radius 2 is 0.689 bits per heavy atom. The standard InChI is InChI=1S/C26H23N3O4.C25H19Cl2N3O4.C25H20ClN3O3.C24H16Cl2FN3O3/c1-17-16-29(26(32)28-25(17)31)22-10-8-21(9-11-22)27-24(30)15-18-4-3-5-20(14-18)19-6-12-23(33-2)13-7-19;1-34-22-10-5-17(13-20(22)26)16-4-2-3-15(11-16)12-23(31)28-18-6-8-19(9-7-18)30-14-21(27)24(32)29-25(30)33;1-16-5-6-19(15-22(16)26)18-4-2-3-17(13-18)14-24(31)27-20-7-9-21(10-8-20)29-12-11-23(30)28-25(29)32;25-18-6-4-16(12-19(18)26)15-3-1-2-14(10-15)11-23(32)28-21-7-5-17(13-20(21)27)30-9-8-22(31)29-24(30)33/h3-14,16H,15H2,1-2H3,(H,27,30)(H,28,31,32);2-11,13-14H,12H2,1H3,(H,28,31)(H,29,32,33);2-13,15H,14H2,1H3,(H,27,31)(H,28,30,32);1-10,12-13H,11H2,(H,28,32)(H,29,31,33). The van der Waals surface area contributed by atoms with Crippen molar-refractivity contribution in [2.45, 2.75) is 39.5 Å². The van der Waals surface area contributed by atoms with Gasteiger partial charge in [0, 0.05) is 70.6 Å². The molecule has 0 radical (unpaired) electrons. The van der Waals surface area contributed by atoms with Crippen molar-refractivity contribution in [2.24, 2.45) is 0 Å². The van der Waals surface area contributed by atoms with E-state index in [4.69, 9.17) is 67.5 Å². The second-order valence-corrected chi connectivity index (χ2v) is 31.7. The SMILES string of the molecule is COc1ccc(-c2cccc(CC(=O)Nc3ccc(-n4cc(C)c(=O)[nH]c4=O)cc3)c2)cc1.COc1ccc(-c2cccc(CC(=O)Nc3ccc(-n4cc(Cl)c(=O)[nH]c4=O)cc3)c2)cc1Cl.Cc1ccc(-c2cccc(CC(=O)Nc3ccc(-n4ccc(=O)[nH]c4=O)cc3)c2)cc1Cl.O=C(Cc1cccc(-c2ccc(Cl)c(Cl)c2)c1)Nc1ccc(-n2ccc(=O)[nH]c2=O)cc1F. The maximum atomic E-state index is 14.6. The number of carbonyl (C=O) groups excluding carboxylic acids is 4. The molecule has 4 aromatic heterocycles. The summed E-state index contributed by atoms with van der Waals surface area (Å²) >= 11 is 30.4. The normalized spacial score (nSPS) is 10.7. The first kappa shape index (κ1) is 93.8. The Bertz CT molecular complexity index is 7540. The Kier molecular flexibility index (Phi) is 30.8. The third-order valence-electron chi connectivity index (χ3n) is 20.3. The summed E-state index contributed by atoms with van der Waals surface area (Å²) < 4.78 is 29.9. The number of rotatable bonds is 22. The highest BCUT2D eigenvalue weighted by molar-refractivity contribution is 6.42. The quantitative estimate of drug-likeness (QED) is 0.0313. The lowest BCUT2D eigenvalue weighted by Crippen LogP contribution is -2.29. The smallest absolute Gasteiger partial charge is 0.332 e. The maximum Gasteiger partial charge on any atom is 0.332 e. The van der Waals surface area contributed by atoms with Crippen LogP contribution in [0.3, 0.4) is 0 Å². The highest BCUT2D eigenvalue weighted by Gasteiger charge is 2.17. The first-order valence-electron chi connectivity index (χ1n) is 40.3. The monoisotopic (exact) mass is 1860 g/mol. The number of amides is 4. The van der Waals surface area contributed by atoms with Crippen LogP contribution >= 0.6 is 58.0 Å². The van der Waals surface area contributed by atoms with Crippen molar-refractivity contribution >= 4 is 104 Å². The summed E-state index contributed by atoms with van der Waals surface area (Å²) in [5.41, 5.74) is 11.7. The Morgan fingerprint density at radius 3 is 1.11 bits per heavy atom. The first-order valence-corrected chi connectivity index (χ1v) is 42.2. The average Bonchev–Trinajstić information content (AvgIpc) is 0.831. The fraction of sp³-hybridized carbons (Fsp3) is 0.0800. The molecule has 26 nitrogen and oxygen atoms in total. The van der Waals surface area contributed by atoms with E-state index >= 15 is 0 Å². The number of hydrogen-bond donors (Lipinski definition) is 8. The predicted molar refractivity (Wildman–Crippen MR) is 515 cm³/mol. The molecule has 0 saturated heterocycles. The summed E-state index contributed by atoms with van der Waals surface area (Å²) in [6.45, 7) is 3.59. The lowest BCUT2D eigenvalue weighted by molar-refractivity contribution is -0.116. The van der Waals surface area contributed by atoms with Gasteiger partial charge in [0.1, 0.15) is 22.3 Å². The van der Waals surface area contributed by atoms with Crippen LogP contribution in [0.5, 0.6) is 11.5 Å². The Labute approximate surface area is 775 Å². The van der Waals surface area contributed by atoms with Crippen molar-refractivity contribution in [2.75, 3.05) is 35.5 Å². The molecule has 0 bridgehead atoms. The fourth-order valence-corrected chi connectivity index (χ4v) is 14.5. The van der Waals surface area contributed by atoms with Crippen LogP contribution in [-0.2, 0) is 44.9 Å². The second-order valence-electron chi connectivity index (χ2n) is 29.7. The minimum atomic E-state index is -0.719. The van der Waals surface area contributed by atoms with E-state index in [9.17, 15) is 61.9 Å². The van der Waals surface area contributed by atoms with Gasteiger partial charge in [0.05, 0.1) is 83.4 Å². The van der Waals surface area contributed by atoms with Gasteiger partial charge in [-0.2, -0.15) is 0 Å². The molecule has 0 aliphatic heterocycles. The van der Waals surface area contributed by atoms with Crippen LogP contribution in [0.4, 0.5) is 27.1 Å². The number of aromatic nitrogens is 8. The van der Waals surface area contributed by atoms with Gasteiger partial charge in [-0.3, -0.25) is 76.6 Å². The molecule has 0 spiro atoms. The van der Waals surface area contributed by atoms with Crippen molar-refractivity contribution in [1.29, 1.82) is 0 Å². The van der Waals surface area contributed by atoms with Crippen molar-refractivity contribution in [1.82, 2.24) is 38.2 Å². The topological polar surface area (TPSA) is 354 Å². The maximum absolute atomic E-state index is 14.6. The van der Waals surface area contributed by atoms with Crippen LogP contribution < -0.4 is 75.7 Å². The van der Waals surface area contributed by atoms with Crippen LogP contribution in [0.1, 0.15) is 33.4 Å². The van der Waals surface area contributed by atoms with Crippen molar-refractivity contribution in [3.8, 4) is 78.8 Å². The molecule has 0 unspecified atom stereocenters. The molecule has 0 aliphatic carbocycles. The third-order valence-corrected chi connectivity index (χ3v) is 22.0. The number of aryl methyl sites for hydroxylation is 2. The molecule has 664 valence electrons. The molecule has 32 heteroatoms. The van der Waals surface area contributed by atoms with E-state index in [1.807, 2.05) is 159 Å². The lowest BCUT2D eigenvalue weighted by atomic mass is 10.0. The molecular formula is C100H78Cl5FN12O14. The molecular weight excluding hydrogens is 1790 g/mol. The number of anilines is 4. The van der Waals surface area contributed by atoms with Gasteiger partial charge in [-0.1, -0.05) is 191 Å². The number of benzene rings is 12. The van der Waals surface area contributed by atoms with Gasteiger partial charge in [-0.25, -0.2) is 23.6 Å². The zero-order chi connectivity index (χ0) is 93.8. The number of aromatic amines is 4. The van der Waals surface area contributed by atoms with E-state index in [1.165, 1.54) is 56.7 Å². The molecule has 0 atom stereocenters. The molecule has 0 aliphatic rings. The van der Waals surface area contributed by atoms with Crippen LogP contribution in [0.2, 0.25) is 25.1 Å². The summed E-state index contributed by atoms with van der Waals surface area (Å²) in [4.78, 5) is 152. The van der Waals surface area contributed by atoms with E-state index in [0.29, 0.717) is 65.5 Å². The number of nitrogens with zero attached hydrogens (tertiary/aromatic N) is 4. The van der Waals surface area contributed by atoms with Gasteiger partial charge >= 0.3 is 22.8 Å². The minimum Gasteiger partial charge on any atom is -0.497 e. The van der Waals surface area contributed by atoms with Crippen molar-refractivity contribution in [3.05, 3.63) is 452 Å². The third kappa shape index (κ3) is 25.0. The largest absolute Gasteiger partial charge is 0.497 e. The Morgan fingerprint density at radius 1 is 0.318 bits per heavy atom. The zero-order valence-corrected chi connectivity index (χ0v) is 74.2. The summed E-state index contributed by atoms with van der Waals surface area (Å²) in [5, 5.41) is 13.1. The molecule has 8 N–H and O–H groups in total. The van der Waals surface area contributed by atoms with Crippen molar-refractivity contribution < 1.29 is 33.0 Å². The molecule has 4 amide bonds. The number of hydrogen-bond acceptors (Lipinski definition) is 14. The predicted octanol–water partition coefficient (Wildman–Crippen LogP) is 17.5. The van der Waals surface area contributed by atoms with Gasteiger partial charge in [0.15, 0.2) is 0 Å². The van der Waals surface area contributed by atoms with Gasteiger partial charge in [0.25, 0.3) is 22.2 Å². The van der Waals surface area contributed by atoms with Gasteiger partial charge in [-0.05, 0) is 214 Å². The summed E-state index contributed by atoms with van der Waals surface area (Å²) in [5.74, 6) is -0.231. The zero-order valence-electron chi connectivity index (χ0n) is 70.5. The number of carbonyl (C=O) groups is 4. The summed E-state index contributed by atoms with van der Waals surface area (Å²) in [6.07, 6.45) is 6.03. The van der Waals surface area contributed by atoms with Crippen LogP contribution in [-0.4, -0.2) is 76.1 Å². The number of methoxy groups -OCH3 is 2. The molecule has 16 aromatic rings. The molecule has 4 heterocycles. The van der Waals surface area contributed by atoms with Crippen LogP contribution in [0.25, 0.3) is 67.3 Å². The molecule has 0 fully saturated rings. The lowest BCUT2D eigenvalue weighted by Gasteiger charge is -2.10. The second kappa shape index (κ2) is 43.3. The Balaban J connectivity index is 0.000000150. The molecule has 12 aromatic carbocycles.